The predicted octanol–water partition coefficient (Wildman–Crippen LogP) is 4.43. The quantitative estimate of drug-likeness (QED) is 0.636. The van der Waals surface area contributed by atoms with Gasteiger partial charge in [-0.15, -0.1) is 11.8 Å². The minimum Gasteiger partial charge on any atom is -0.325 e. The first-order chi connectivity index (χ1) is 12.8. The highest BCUT2D eigenvalue weighted by Crippen LogP contribution is 2.29. The van der Waals surface area contributed by atoms with Crippen molar-refractivity contribution in [3.63, 3.8) is 0 Å². The Morgan fingerprint density at radius 2 is 1.78 bits per heavy atom. The summed E-state index contributed by atoms with van der Waals surface area (Å²) >= 11 is 1.45. The summed E-state index contributed by atoms with van der Waals surface area (Å²) in [6.45, 7) is 5.52. The van der Waals surface area contributed by atoms with Crippen LogP contribution in [0.3, 0.4) is 0 Å². The van der Waals surface area contributed by atoms with Gasteiger partial charge in [-0.25, -0.2) is 13.1 Å². The Balaban J connectivity index is 2.33. The van der Waals surface area contributed by atoms with Gasteiger partial charge < -0.3 is 5.32 Å². The maximum absolute atomic E-state index is 12.9. The van der Waals surface area contributed by atoms with Crippen molar-refractivity contribution in [1.29, 1.82) is 0 Å². The van der Waals surface area contributed by atoms with E-state index >= 15 is 0 Å². The van der Waals surface area contributed by atoms with E-state index in [4.69, 9.17) is 0 Å². The van der Waals surface area contributed by atoms with Crippen molar-refractivity contribution in [2.75, 3.05) is 11.6 Å². The van der Waals surface area contributed by atoms with Gasteiger partial charge in [0.2, 0.25) is 15.9 Å². The van der Waals surface area contributed by atoms with Crippen molar-refractivity contribution in [2.24, 2.45) is 5.92 Å². The SMILES string of the molecule is CCC(NS(=O)(=O)c1ccc(SC)c(NC(=O)C(C)C)c1)c1ccccc1. The molecule has 0 saturated heterocycles. The molecule has 1 atom stereocenters. The molecule has 1 amide bonds. The molecule has 0 radical (unpaired) electrons. The number of hydrogen-bond acceptors (Lipinski definition) is 4. The number of carbonyl (C=O) groups excluding carboxylic acids is 1. The topological polar surface area (TPSA) is 75.3 Å². The van der Waals surface area contributed by atoms with Crippen LogP contribution >= 0.6 is 11.8 Å². The van der Waals surface area contributed by atoms with Crippen LogP contribution < -0.4 is 10.0 Å². The Morgan fingerprint density at radius 1 is 1.11 bits per heavy atom. The minimum absolute atomic E-state index is 0.133. The first-order valence-corrected chi connectivity index (χ1v) is 11.6. The standard InChI is InChI=1S/C20H26N2O3S2/c1-5-17(15-9-7-6-8-10-15)22-27(24,25)16-11-12-19(26-4)18(13-16)21-20(23)14(2)3/h6-14,17,22H,5H2,1-4H3,(H,21,23). The molecule has 0 saturated carbocycles. The molecule has 0 aromatic heterocycles. The fourth-order valence-corrected chi connectivity index (χ4v) is 4.42. The van der Waals surface area contributed by atoms with Crippen LogP contribution in [0.15, 0.2) is 58.3 Å². The lowest BCUT2D eigenvalue weighted by Gasteiger charge is -2.19. The highest BCUT2D eigenvalue weighted by Gasteiger charge is 2.22. The molecule has 0 spiro atoms. The highest BCUT2D eigenvalue weighted by molar-refractivity contribution is 7.98. The van der Waals surface area contributed by atoms with Crippen LogP contribution in [0.25, 0.3) is 0 Å². The molecule has 7 heteroatoms. The van der Waals surface area contributed by atoms with E-state index in [1.165, 1.54) is 17.8 Å². The lowest BCUT2D eigenvalue weighted by molar-refractivity contribution is -0.118. The van der Waals surface area contributed by atoms with Gasteiger partial charge in [-0.05, 0) is 36.4 Å². The summed E-state index contributed by atoms with van der Waals surface area (Å²) in [5, 5.41) is 2.82. The molecule has 0 fully saturated rings. The maximum atomic E-state index is 12.9. The number of nitrogens with one attached hydrogen (secondary N) is 2. The number of sulfonamides is 1. The average Bonchev–Trinajstić information content (AvgIpc) is 2.66. The van der Waals surface area contributed by atoms with Crippen molar-refractivity contribution in [3.8, 4) is 0 Å². The molecule has 0 aliphatic rings. The molecule has 5 nitrogen and oxygen atoms in total. The van der Waals surface area contributed by atoms with Gasteiger partial charge in [-0.2, -0.15) is 0 Å². The first-order valence-electron chi connectivity index (χ1n) is 8.84. The number of rotatable bonds is 8. The second-order valence-corrected chi connectivity index (χ2v) is 9.06. The molecule has 0 bridgehead atoms. The van der Waals surface area contributed by atoms with Gasteiger partial charge in [0.15, 0.2) is 0 Å². The van der Waals surface area contributed by atoms with E-state index in [1.54, 1.807) is 26.0 Å². The zero-order chi connectivity index (χ0) is 20.0. The third-order valence-electron chi connectivity index (χ3n) is 4.17. The van der Waals surface area contributed by atoms with Crippen LogP contribution in [0.1, 0.15) is 38.8 Å². The van der Waals surface area contributed by atoms with Gasteiger partial charge in [0.25, 0.3) is 0 Å². The molecule has 0 heterocycles. The molecule has 2 rings (SSSR count). The van der Waals surface area contributed by atoms with Crippen molar-refractivity contribution in [3.05, 3.63) is 54.1 Å². The maximum Gasteiger partial charge on any atom is 0.241 e. The van der Waals surface area contributed by atoms with Gasteiger partial charge in [0.1, 0.15) is 0 Å². The van der Waals surface area contributed by atoms with E-state index in [2.05, 4.69) is 10.0 Å². The summed E-state index contributed by atoms with van der Waals surface area (Å²) < 4.78 is 28.6. The molecule has 2 N–H and O–H groups in total. The van der Waals surface area contributed by atoms with E-state index in [-0.39, 0.29) is 22.8 Å². The van der Waals surface area contributed by atoms with Crippen molar-refractivity contribution in [1.82, 2.24) is 4.72 Å². The fourth-order valence-electron chi connectivity index (χ4n) is 2.56. The number of amides is 1. The summed E-state index contributed by atoms with van der Waals surface area (Å²) in [5.74, 6) is -0.343. The number of hydrogen-bond donors (Lipinski definition) is 2. The van der Waals surface area contributed by atoms with Crippen LogP contribution in [-0.4, -0.2) is 20.6 Å². The van der Waals surface area contributed by atoms with Gasteiger partial charge in [0, 0.05) is 16.9 Å². The zero-order valence-corrected chi connectivity index (χ0v) is 17.7. The van der Waals surface area contributed by atoms with Crippen LogP contribution in [0.4, 0.5) is 5.69 Å². The molecule has 0 aliphatic carbocycles. The summed E-state index contributed by atoms with van der Waals surface area (Å²) in [4.78, 5) is 13.0. The average molecular weight is 407 g/mol. The van der Waals surface area contributed by atoms with Crippen LogP contribution in [0, 0.1) is 5.92 Å². The predicted molar refractivity (Wildman–Crippen MR) is 111 cm³/mol. The Morgan fingerprint density at radius 3 is 2.33 bits per heavy atom. The van der Waals surface area contributed by atoms with Gasteiger partial charge in [0.05, 0.1) is 10.6 Å². The molecule has 146 valence electrons. The van der Waals surface area contributed by atoms with Crippen molar-refractivity contribution < 1.29 is 13.2 Å². The minimum atomic E-state index is -3.73. The monoisotopic (exact) mass is 406 g/mol. The van der Waals surface area contributed by atoms with Gasteiger partial charge in [-0.1, -0.05) is 51.1 Å². The summed E-state index contributed by atoms with van der Waals surface area (Å²) in [7, 11) is -3.73. The third kappa shape index (κ3) is 5.57. The number of carbonyl (C=O) groups is 1. The van der Waals surface area contributed by atoms with E-state index in [1.807, 2.05) is 43.5 Å². The van der Waals surface area contributed by atoms with Gasteiger partial charge in [-0.3, -0.25) is 4.79 Å². The van der Waals surface area contributed by atoms with E-state index < -0.39 is 10.0 Å². The Hall–Kier alpha value is -1.83. The second-order valence-electron chi connectivity index (χ2n) is 6.50. The molecular formula is C20H26N2O3S2. The summed E-state index contributed by atoms with van der Waals surface area (Å²) in [5.41, 5.74) is 1.43. The highest BCUT2D eigenvalue weighted by atomic mass is 32.2. The Kier molecular flexibility index (Phi) is 7.47. The number of benzene rings is 2. The molecule has 2 aromatic rings. The zero-order valence-electron chi connectivity index (χ0n) is 16.0. The summed E-state index contributed by atoms with van der Waals surface area (Å²) in [6.07, 6.45) is 2.51. The molecule has 27 heavy (non-hydrogen) atoms. The lowest BCUT2D eigenvalue weighted by atomic mass is 10.1. The Labute approximate surface area is 166 Å². The molecular weight excluding hydrogens is 380 g/mol. The first kappa shape index (κ1) is 21.5. The van der Waals surface area contributed by atoms with Crippen molar-refractivity contribution >= 4 is 33.4 Å². The lowest BCUT2D eigenvalue weighted by Crippen LogP contribution is -2.28. The van der Waals surface area contributed by atoms with E-state index in [0.29, 0.717) is 12.1 Å². The summed E-state index contributed by atoms with van der Waals surface area (Å²) in [6, 6.07) is 14.0. The number of thioether (sulfide) groups is 1. The largest absolute Gasteiger partial charge is 0.325 e. The van der Waals surface area contributed by atoms with Crippen LogP contribution in [-0.2, 0) is 14.8 Å². The second kappa shape index (κ2) is 9.39. The van der Waals surface area contributed by atoms with E-state index in [0.717, 1.165) is 10.5 Å². The van der Waals surface area contributed by atoms with Gasteiger partial charge >= 0.3 is 0 Å². The fraction of sp³-hybridized carbons (Fsp3) is 0.350. The normalized spacial score (nSPS) is 12.8. The molecule has 1 unspecified atom stereocenters. The van der Waals surface area contributed by atoms with Crippen LogP contribution in [0.2, 0.25) is 0 Å². The van der Waals surface area contributed by atoms with E-state index in [9.17, 15) is 13.2 Å². The number of anilines is 1. The third-order valence-corrected chi connectivity index (χ3v) is 6.44. The van der Waals surface area contributed by atoms with Crippen molar-refractivity contribution in [2.45, 2.75) is 43.0 Å². The van der Waals surface area contributed by atoms with Crippen LogP contribution in [0.5, 0.6) is 0 Å². The molecule has 2 aromatic carbocycles. The smallest absolute Gasteiger partial charge is 0.241 e. The Bertz CT molecular complexity index is 881. The molecule has 0 aliphatic heterocycles.